The van der Waals surface area contributed by atoms with Crippen LogP contribution in [0.2, 0.25) is 0 Å². The van der Waals surface area contributed by atoms with E-state index in [1.165, 1.54) is 12.1 Å². The topological polar surface area (TPSA) is 3.24 Å². The summed E-state index contributed by atoms with van der Waals surface area (Å²) < 4.78 is 242. The van der Waals surface area contributed by atoms with Crippen LogP contribution in [0.1, 0.15) is 57.9 Å². The highest BCUT2D eigenvalue weighted by molar-refractivity contribution is 6.04. The van der Waals surface area contributed by atoms with E-state index in [2.05, 4.69) is 0 Å². The summed E-state index contributed by atoms with van der Waals surface area (Å²) in [6, 6.07) is 8.73. The maximum absolute atomic E-state index is 10.8. The highest BCUT2D eigenvalue weighted by atomic mass is 15.1. The average molecular weight is 866 g/mol. The summed E-state index contributed by atoms with van der Waals surface area (Å²) in [6.45, 7) is 0. The fraction of sp³-hybridized carbons (Fsp3) is 0.0154. The average Bonchev–Trinajstić information content (AvgIpc) is 1.47. The first kappa shape index (κ1) is 20.5. The molecule has 1 aliphatic rings. The first-order valence-corrected chi connectivity index (χ1v) is 20.7. The third kappa shape index (κ3) is 6.64. The zero-order chi connectivity index (χ0) is 66.5. The van der Waals surface area contributed by atoms with Crippen molar-refractivity contribution in [3.8, 4) is 55.6 Å². The van der Waals surface area contributed by atoms with Gasteiger partial charge in [-0.3, -0.25) is 0 Å². The molecule has 1 heteroatoms. The summed E-state index contributed by atoms with van der Waals surface area (Å²) in [5.74, 6) is 0. The molecule has 0 aromatic heterocycles. The minimum atomic E-state index is -3.25. The van der Waals surface area contributed by atoms with Gasteiger partial charge in [-0.05, 0) is 125 Å². The molecule has 0 amide bonds. The molecular weight excluding hydrogens is 795 g/mol. The van der Waals surface area contributed by atoms with Crippen LogP contribution in [0.5, 0.6) is 0 Å². The molecule has 0 atom stereocenters. The van der Waals surface area contributed by atoms with Gasteiger partial charge in [0.2, 0.25) is 0 Å². The van der Waals surface area contributed by atoms with Gasteiger partial charge in [-0.15, -0.1) is 0 Å². The Bertz CT molecular complexity index is 4870. The Morgan fingerprint density at radius 2 is 0.864 bits per heavy atom. The summed E-state index contributed by atoms with van der Waals surface area (Å²) >= 11 is 0. The Morgan fingerprint density at radius 1 is 0.318 bits per heavy atom. The summed E-state index contributed by atoms with van der Waals surface area (Å²) in [5, 5.41) is 1.75. The van der Waals surface area contributed by atoms with Crippen LogP contribution in [0.3, 0.4) is 0 Å². The van der Waals surface area contributed by atoms with Crippen LogP contribution >= 0.6 is 0 Å². The van der Waals surface area contributed by atoms with Crippen molar-refractivity contribution < 1.29 is 35.6 Å². The third-order valence-corrected chi connectivity index (χ3v) is 11.7. The van der Waals surface area contributed by atoms with Crippen LogP contribution in [-0.2, 0) is 5.41 Å². The Balaban J connectivity index is 1.23. The lowest BCUT2D eigenvalue weighted by atomic mass is 9.67. The minimum absolute atomic E-state index is 0.197. The van der Waals surface area contributed by atoms with Crippen LogP contribution in [0.15, 0.2) is 272 Å². The van der Waals surface area contributed by atoms with Crippen molar-refractivity contribution in [3.05, 3.63) is 295 Å². The lowest BCUT2D eigenvalue weighted by Crippen LogP contribution is -2.28. The second kappa shape index (κ2) is 16.6. The van der Waals surface area contributed by atoms with E-state index in [4.69, 9.17) is 17.8 Å². The SMILES string of the molecule is [2H]c1c([2H])c([2H])c(-c2c([2H])c([2H])c(N(c3ccc(-c4ccc5ccccc5c4-c4ccc(-c5ccccc5)cc4)cc3)c3c([2H])c([2H])c4c(c3[2H])C(c3c([2H])c([2H])c([2H])c([2H])c3[2H])(c3c([2H])c([2H])c([2H])c([2H])c3[2H])c3c([2H])c([2H])c([2H])c([2H])c3-4)c([2H])c2[2H])c([2H])c1[2H]. The monoisotopic (exact) mass is 866 g/mol. The number of hydrogen-bond acceptors (Lipinski definition) is 1. The standard InChI is InChI=1S/C65H45N/c1-5-17-46(18-6-1)48-29-31-52(32-30-48)64-58-26-14-13-21-50(58)37-43-59(64)51-35-40-56(41-36-51)66(55-38-33-49(34-39-55)47-19-7-2-8-20-47)57-42-44-61-60-27-15-16-28-62(60)65(63(61)45-57,53-22-9-3-10-23-53)54-24-11-4-12-25-54/h1-45H/i2D,3D,4D,7D,8D,9D,10D,11D,12D,15D,16D,19D,20D,22D,23D,24D,25D,27D,28D,33D,34D,38D,39D,42D,44D,45D. The number of hydrogen-bond donors (Lipinski definition) is 0. The third-order valence-electron chi connectivity index (χ3n) is 11.7. The minimum Gasteiger partial charge on any atom is -0.310 e. The van der Waals surface area contributed by atoms with E-state index in [0.29, 0.717) is 11.1 Å². The van der Waals surface area contributed by atoms with Crippen molar-refractivity contribution in [3.63, 3.8) is 0 Å². The zero-order valence-corrected chi connectivity index (χ0v) is 34.4. The molecular formula is C65H45N. The van der Waals surface area contributed by atoms with Gasteiger partial charge in [0, 0.05) is 17.1 Å². The van der Waals surface area contributed by atoms with Crippen molar-refractivity contribution in [2.75, 3.05) is 4.90 Å². The quantitative estimate of drug-likeness (QED) is 0.140. The molecule has 0 heterocycles. The van der Waals surface area contributed by atoms with Crippen molar-refractivity contribution in [2.45, 2.75) is 5.41 Å². The first-order valence-electron chi connectivity index (χ1n) is 33.7. The Labute approximate surface area is 423 Å². The number of nitrogens with zero attached hydrogens (tertiary/aromatic N) is 1. The van der Waals surface area contributed by atoms with E-state index in [9.17, 15) is 17.8 Å². The predicted molar refractivity (Wildman–Crippen MR) is 278 cm³/mol. The van der Waals surface area contributed by atoms with Crippen LogP contribution in [0.4, 0.5) is 17.1 Å². The lowest BCUT2D eigenvalue weighted by Gasteiger charge is -2.35. The van der Waals surface area contributed by atoms with Crippen LogP contribution < -0.4 is 4.90 Å². The predicted octanol–water partition coefficient (Wildman–Crippen LogP) is 17.3. The Hall–Kier alpha value is -8.52. The molecule has 0 radical (unpaired) electrons. The van der Waals surface area contributed by atoms with Gasteiger partial charge in [0.1, 0.15) is 0 Å². The van der Waals surface area contributed by atoms with Crippen molar-refractivity contribution in [1.82, 2.24) is 0 Å². The molecule has 0 aliphatic heterocycles. The Kier molecular flexibility index (Phi) is 5.15. The molecule has 11 aromatic carbocycles. The smallest absolute Gasteiger partial charge is 0.0714 e. The first-order chi connectivity index (χ1) is 43.5. The number of fused-ring (bicyclic) bond motifs is 4. The summed E-state index contributed by atoms with van der Waals surface area (Å²) in [6.07, 6.45) is 0. The van der Waals surface area contributed by atoms with E-state index in [1.54, 1.807) is 12.1 Å². The van der Waals surface area contributed by atoms with Gasteiger partial charge in [-0.2, -0.15) is 0 Å². The molecule has 0 unspecified atom stereocenters. The Morgan fingerprint density at radius 3 is 1.58 bits per heavy atom. The van der Waals surface area contributed by atoms with Gasteiger partial charge < -0.3 is 4.90 Å². The van der Waals surface area contributed by atoms with E-state index in [0.717, 1.165) is 37.9 Å². The molecule has 12 rings (SSSR count). The van der Waals surface area contributed by atoms with E-state index in [-0.39, 0.29) is 5.69 Å². The maximum Gasteiger partial charge on any atom is 0.0714 e. The zero-order valence-electron chi connectivity index (χ0n) is 60.4. The molecule has 0 N–H and O–H groups in total. The molecule has 0 saturated heterocycles. The van der Waals surface area contributed by atoms with Gasteiger partial charge in [0.25, 0.3) is 0 Å². The highest BCUT2D eigenvalue weighted by Gasteiger charge is 2.46. The molecule has 0 bridgehead atoms. The number of rotatable bonds is 9. The molecule has 0 fully saturated rings. The molecule has 1 aliphatic carbocycles. The molecule has 11 aromatic rings. The van der Waals surface area contributed by atoms with Crippen molar-refractivity contribution in [1.29, 1.82) is 0 Å². The van der Waals surface area contributed by atoms with E-state index in [1.807, 2.05) is 91.0 Å². The molecule has 0 saturated carbocycles. The normalized spacial score (nSPS) is 17.9. The van der Waals surface area contributed by atoms with Crippen molar-refractivity contribution in [2.24, 2.45) is 0 Å². The van der Waals surface area contributed by atoms with Gasteiger partial charge in [-0.25, -0.2) is 0 Å². The van der Waals surface area contributed by atoms with Crippen LogP contribution in [0, 0.1) is 0 Å². The maximum atomic E-state index is 10.8. The molecule has 1 nitrogen and oxygen atoms in total. The fourth-order valence-corrected chi connectivity index (χ4v) is 8.74. The lowest BCUT2D eigenvalue weighted by molar-refractivity contribution is 0.768. The van der Waals surface area contributed by atoms with Crippen LogP contribution in [-0.4, -0.2) is 0 Å². The molecule has 66 heavy (non-hydrogen) atoms. The van der Waals surface area contributed by atoms with Gasteiger partial charge in [0.05, 0.1) is 41.1 Å². The van der Waals surface area contributed by atoms with Gasteiger partial charge >= 0.3 is 0 Å². The second-order valence-corrected chi connectivity index (χ2v) is 15.2. The van der Waals surface area contributed by atoms with Crippen molar-refractivity contribution >= 4 is 27.8 Å². The second-order valence-electron chi connectivity index (χ2n) is 15.2. The number of anilines is 3. The summed E-state index contributed by atoms with van der Waals surface area (Å²) in [7, 11) is 0. The van der Waals surface area contributed by atoms with E-state index < -0.39 is 218 Å². The molecule has 310 valence electrons. The highest BCUT2D eigenvalue weighted by Crippen LogP contribution is 2.57. The van der Waals surface area contributed by atoms with Gasteiger partial charge in [-0.1, -0.05) is 236 Å². The largest absolute Gasteiger partial charge is 0.310 e. The van der Waals surface area contributed by atoms with Gasteiger partial charge in [0.15, 0.2) is 0 Å². The summed E-state index contributed by atoms with van der Waals surface area (Å²) in [5.41, 5.74) is -7.05. The fourth-order valence-electron chi connectivity index (χ4n) is 8.74. The molecule has 0 spiro atoms. The summed E-state index contributed by atoms with van der Waals surface area (Å²) in [4.78, 5) is 0.871. The number of benzene rings is 11. The van der Waals surface area contributed by atoms with Crippen LogP contribution in [0.25, 0.3) is 66.4 Å². The van der Waals surface area contributed by atoms with E-state index >= 15 is 0 Å².